The minimum Gasteiger partial charge on any atom is -0.465 e. The number of aromatic nitrogens is 1. The lowest BCUT2D eigenvalue weighted by atomic mass is 10.1. The lowest BCUT2D eigenvalue weighted by molar-refractivity contribution is 0.0600. The number of urea groups is 1. The Morgan fingerprint density at radius 2 is 1.87 bits per heavy atom. The molecule has 2 rings (SSSR count). The first-order valence-electron chi connectivity index (χ1n) is 6.82. The summed E-state index contributed by atoms with van der Waals surface area (Å²) >= 11 is 0. The summed E-state index contributed by atoms with van der Waals surface area (Å²) in [6.45, 7) is 1.64. The second kappa shape index (κ2) is 7.69. The molecule has 7 nitrogen and oxygen atoms in total. The molecular formula is C16H16N4O3. The Kier molecular flexibility index (Phi) is 5.40. The predicted octanol–water partition coefficient (Wildman–Crippen LogP) is 2.41. The second-order valence-corrected chi connectivity index (χ2v) is 4.52. The van der Waals surface area contributed by atoms with Crippen LogP contribution in [0.15, 0.2) is 53.8 Å². The number of carbonyl (C=O) groups is 2. The highest BCUT2D eigenvalue weighted by Gasteiger charge is 2.14. The number of nitrogens with zero attached hydrogens (tertiary/aromatic N) is 2. The van der Waals surface area contributed by atoms with Gasteiger partial charge in [-0.1, -0.05) is 18.2 Å². The summed E-state index contributed by atoms with van der Waals surface area (Å²) in [5.41, 5.74) is 4.01. The number of carbonyl (C=O) groups excluding carboxylic acids is 2. The molecule has 2 amide bonds. The van der Waals surface area contributed by atoms with Crippen LogP contribution in [0.1, 0.15) is 23.0 Å². The molecule has 0 bridgehead atoms. The molecule has 0 spiro atoms. The number of ether oxygens (including phenoxy) is 1. The van der Waals surface area contributed by atoms with Gasteiger partial charge in [0.25, 0.3) is 0 Å². The van der Waals surface area contributed by atoms with E-state index in [2.05, 4.69) is 20.8 Å². The number of methoxy groups -OCH3 is 1. The molecule has 2 aromatic rings. The van der Waals surface area contributed by atoms with Gasteiger partial charge in [0.15, 0.2) is 0 Å². The number of para-hydroxylation sites is 1. The number of nitrogens with one attached hydrogen (secondary N) is 2. The van der Waals surface area contributed by atoms with Crippen molar-refractivity contribution in [2.75, 3.05) is 12.4 Å². The van der Waals surface area contributed by atoms with Gasteiger partial charge in [0.05, 0.1) is 18.4 Å². The average Bonchev–Trinajstić information content (AvgIpc) is 2.60. The highest BCUT2D eigenvalue weighted by molar-refractivity contribution is 6.06. The summed E-state index contributed by atoms with van der Waals surface area (Å²) in [4.78, 5) is 27.6. The molecule has 7 heteroatoms. The van der Waals surface area contributed by atoms with Crippen molar-refractivity contribution < 1.29 is 14.3 Å². The van der Waals surface area contributed by atoms with E-state index in [4.69, 9.17) is 4.74 Å². The normalized spacial score (nSPS) is 10.8. The third kappa shape index (κ3) is 4.37. The van der Waals surface area contributed by atoms with Crippen molar-refractivity contribution in [3.05, 3.63) is 59.9 Å². The molecule has 0 atom stereocenters. The summed E-state index contributed by atoms with van der Waals surface area (Å²) in [7, 11) is 1.29. The Morgan fingerprint density at radius 3 is 2.57 bits per heavy atom. The molecule has 0 fully saturated rings. The van der Waals surface area contributed by atoms with Crippen LogP contribution in [0.25, 0.3) is 0 Å². The smallest absolute Gasteiger partial charge is 0.340 e. The second-order valence-electron chi connectivity index (χ2n) is 4.52. The molecular weight excluding hydrogens is 296 g/mol. The highest BCUT2D eigenvalue weighted by Crippen LogP contribution is 2.08. The van der Waals surface area contributed by atoms with E-state index in [1.165, 1.54) is 13.3 Å². The van der Waals surface area contributed by atoms with Gasteiger partial charge < -0.3 is 10.1 Å². The fourth-order valence-corrected chi connectivity index (χ4v) is 1.84. The summed E-state index contributed by atoms with van der Waals surface area (Å²) in [5.74, 6) is -0.517. The lowest BCUT2D eigenvalue weighted by Gasteiger charge is -2.07. The Balaban J connectivity index is 2.08. The van der Waals surface area contributed by atoms with E-state index in [0.29, 0.717) is 17.1 Å². The molecule has 1 heterocycles. The maximum Gasteiger partial charge on any atom is 0.340 e. The Bertz CT molecular complexity index is 729. The minimum atomic E-state index is -0.517. The summed E-state index contributed by atoms with van der Waals surface area (Å²) in [6, 6.07) is 11.7. The number of amides is 2. The zero-order valence-electron chi connectivity index (χ0n) is 12.7. The monoisotopic (exact) mass is 312 g/mol. The average molecular weight is 312 g/mol. The number of esters is 1. The number of rotatable bonds is 4. The molecule has 1 aromatic carbocycles. The zero-order chi connectivity index (χ0) is 16.7. The van der Waals surface area contributed by atoms with E-state index in [1.54, 1.807) is 43.3 Å². The van der Waals surface area contributed by atoms with Gasteiger partial charge >= 0.3 is 12.0 Å². The maximum atomic E-state index is 11.8. The van der Waals surface area contributed by atoms with Crippen molar-refractivity contribution >= 4 is 23.4 Å². The van der Waals surface area contributed by atoms with Crippen LogP contribution in [0.3, 0.4) is 0 Å². The van der Waals surface area contributed by atoms with Crippen molar-refractivity contribution in [2.45, 2.75) is 6.92 Å². The minimum absolute atomic E-state index is 0.279. The fraction of sp³-hybridized carbons (Fsp3) is 0.125. The molecule has 0 aliphatic carbocycles. The van der Waals surface area contributed by atoms with Crippen LogP contribution >= 0.6 is 0 Å². The van der Waals surface area contributed by atoms with Gasteiger partial charge in [-0.3, -0.25) is 4.98 Å². The fourth-order valence-electron chi connectivity index (χ4n) is 1.84. The van der Waals surface area contributed by atoms with Crippen molar-refractivity contribution in [1.82, 2.24) is 10.4 Å². The number of hydrazone groups is 1. The molecule has 23 heavy (non-hydrogen) atoms. The van der Waals surface area contributed by atoms with Crippen LogP contribution in [0.2, 0.25) is 0 Å². The largest absolute Gasteiger partial charge is 0.465 e. The van der Waals surface area contributed by atoms with Crippen LogP contribution in [0.4, 0.5) is 10.5 Å². The van der Waals surface area contributed by atoms with Gasteiger partial charge in [0, 0.05) is 11.9 Å². The third-order valence-electron chi connectivity index (χ3n) is 2.91. The summed E-state index contributed by atoms with van der Waals surface area (Å²) in [5, 5.41) is 6.58. The number of pyridine rings is 1. The van der Waals surface area contributed by atoms with E-state index in [9.17, 15) is 9.59 Å². The summed E-state index contributed by atoms with van der Waals surface area (Å²) in [6.07, 6.45) is 1.53. The van der Waals surface area contributed by atoms with Gasteiger partial charge in [0.2, 0.25) is 0 Å². The van der Waals surface area contributed by atoms with E-state index >= 15 is 0 Å². The van der Waals surface area contributed by atoms with Gasteiger partial charge in [-0.05, 0) is 31.2 Å². The topological polar surface area (TPSA) is 92.7 Å². The first-order valence-corrected chi connectivity index (χ1v) is 6.82. The molecule has 0 saturated carbocycles. The predicted molar refractivity (Wildman–Crippen MR) is 86.4 cm³/mol. The molecule has 2 N–H and O–H groups in total. The maximum absolute atomic E-state index is 11.8. The number of hydrogen-bond donors (Lipinski definition) is 2. The lowest BCUT2D eigenvalue weighted by Crippen LogP contribution is -2.25. The molecule has 118 valence electrons. The van der Waals surface area contributed by atoms with Crippen LogP contribution in [-0.4, -0.2) is 29.8 Å². The number of anilines is 1. The molecule has 0 aliphatic heterocycles. The molecule has 1 aromatic heterocycles. The van der Waals surface area contributed by atoms with Crippen molar-refractivity contribution in [2.24, 2.45) is 5.10 Å². The highest BCUT2D eigenvalue weighted by atomic mass is 16.5. The summed E-state index contributed by atoms with van der Waals surface area (Å²) < 4.78 is 4.70. The van der Waals surface area contributed by atoms with Crippen LogP contribution in [-0.2, 0) is 4.74 Å². The SMILES string of the molecule is COC(=O)c1cccnc1C(C)=NNC(=O)Nc1ccccc1. The Labute approximate surface area is 133 Å². The van der Waals surface area contributed by atoms with E-state index in [1.807, 2.05) is 6.07 Å². The third-order valence-corrected chi connectivity index (χ3v) is 2.91. The van der Waals surface area contributed by atoms with Crippen molar-refractivity contribution in [1.29, 1.82) is 0 Å². The van der Waals surface area contributed by atoms with Gasteiger partial charge in [-0.25, -0.2) is 15.0 Å². The number of benzene rings is 1. The Morgan fingerprint density at radius 1 is 1.13 bits per heavy atom. The van der Waals surface area contributed by atoms with Crippen LogP contribution in [0, 0.1) is 0 Å². The first-order chi connectivity index (χ1) is 11.1. The van der Waals surface area contributed by atoms with Crippen LogP contribution in [0.5, 0.6) is 0 Å². The van der Waals surface area contributed by atoms with Gasteiger partial charge in [0.1, 0.15) is 5.69 Å². The van der Waals surface area contributed by atoms with E-state index in [0.717, 1.165) is 0 Å². The standard InChI is InChI=1S/C16H16N4O3/c1-11(14-13(15(21)23-2)9-6-10-17-14)19-20-16(22)18-12-7-4-3-5-8-12/h3-10H,1-2H3,(H2,18,20,22). The molecule has 0 radical (unpaired) electrons. The molecule has 0 unspecified atom stereocenters. The van der Waals surface area contributed by atoms with E-state index in [-0.39, 0.29) is 5.56 Å². The quantitative estimate of drug-likeness (QED) is 0.515. The van der Waals surface area contributed by atoms with Crippen LogP contribution < -0.4 is 10.7 Å². The molecule has 0 saturated heterocycles. The van der Waals surface area contributed by atoms with Gasteiger partial charge in [-0.15, -0.1) is 0 Å². The van der Waals surface area contributed by atoms with Crippen molar-refractivity contribution in [3.8, 4) is 0 Å². The molecule has 0 aliphatic rings. The van der Waals surface area contributed by atoms with Gasteiger partial charge in [-0.2, -0.15) is 5.10 Å². The zero-order valence-corrected chi connectivity index (χ0v) is 12.7. The van der Waals surface area contributed by atoms with E-state index < -0.39 is 12.0 Å². The van der Waals surface area contributed by atoms with Crippen molar-refractivity contribution in [3.63, 3.8) is 0 Å². The number of hydrogen-bond acceptors (Lipinski definition) is 5. The first kappa shape index (κ1) is 16.2. The Hall–Kier alpha value is -3.22.